The lowest BCUT2D eigenvalue weighted by Crippen LogP contribution is -2.33. The van der Waals surface area contributed by atoms with Crippen LogP contribution in [0.25, 0.3) is 10.4 Å². The lowest BCUT2D eigenvalue weighted by Gasteiger charge is -2.26. The van der Waals surface area contributed by atoms with Crippen LogP contribution in [0, 0.1) is 0 Å². The van der Waals surface area contributed by atoms with Gasteiger partial charge in [-0.2, -0.15) is 0 Å². The lowest BCUT2D eigenvalue weighted by atomic mass is 9.99. The van der Waals surface area contributed by atoms with Crippen LogP contribution < -0.4 is 4.74 Å². The first-order chi connectivity index (χ1) is 16.1. The Hall–Kier alpha value is -2.96. The van der Waals surface area contributed by atoms with E-state index in [-0.39, 0.29) is 12.2 Å². The van der Waals surface area contributed by atoms with Crippen LogP contribution in [0.5, 0.6) is 5.75 Å². The van der Waals surface area contributed by atoms with Gasteiger partial charge in [-0.1, -0.05) is 24.6 Å². The Labute approximate surface area is 199 Å². The van der Waals surface area contributed by atoms with Crippen molar-refractivity contribution in [3.8, 4) is 16.2 Å². The molecule has 6 heteroatoms. The molecule has 0 spiro atoms. The largest absolute Gasteiger partial charge is 0.492 e. The van der Waals surface area contributed by atoms with Crippen molar-refractivity contribution >= 4 is 23.1 Å². The van der Waals surface area contributed by atoms with Crippen molar-refractivity contribution in [3.05, 3.63) is 76.7 Å². The zero-order chi connectivity index (χ0) is 23.0. The predicted octanol–water partition coefficient (Wildman–Crippen LogP) is 5.49. The van der Waals surface area contributed by atoms with Gasteiger partial charge in [0.15, 0.2) is 5.78 Å². The third-order valence-corrected chi connectivity index (χ3v) is 6.88. The molecule has 5 nitrogen and oxygen atoms in total. The number of methoxy groups -OCH3 is 1. The summed E-state index contributed by atoms with van der Waals surface area (Å²) >= 11 is 1.67. The number of Topliss-reactive ketones (excluding diaryl/α,β-unsaturated/α-hetero) is 1. The second-order valence-electron chi connectivity index (χ2n) is 8.22. The maximum atomic E-state index is 13.1. The van der Waals surface area contributed by atoms with Crippen LogP contribution in [0.15, 0.2) is 60.0 Å². The van der Waals surface area contributed by atoms with Crippen molar-refractivity contribution in [1.29, 1.82) is 0 Å². The highest BCUT2D eigenvalue weighted by Gasteiger charge is 2.15. The summed E-state index contributed by atoms with van der Waals surface area (Å²) in [6, 6.07) is 16.8. The van der Waals surface area contributed by atoms with Gasteiger partial charge in [0.2, 0.25) is 0 Å². The first-order valence-corrected chi connectivity index (χ1v) is 12.3. The van der Waals surface area contributed by atoms with Crippen LogP contribution >= 0.6 is 11.3 Å². The minimum Gasteiger partial charge on any atom is -0.492 e. The van der Waals surface area contributed by atoms with E-state index in [0.717, 1.165) is 41.4 Å². The third-order valence-electron chi connectivity index (χ3n) is 5.96. The molecule has 0 N–H and O–H groups in total. The molecule has 1 fully saturated rings. The number of esters is 1. The molecule has 1 aliphatic rings. The molecule has 0 unspecified atom stereocenters. The molecule has 33 heavy (non-hydrogen) atoms. The van der Waals surface area contributed by atoms with Gasteiger partial charge in [0.05, 0.1) is 12.7 Å². The minimum atomic E-state index is -0.415. The summed E-state index contributed by atoms with van der Waals surface area (Å²) in [6.07, 6.45) is 4.05. The van der Waals surface area contributed by atoms with E-state index < -0.39 is 5.97 Å². The van der Waals surface area contributed by atoms with E-state index in [2.05, 4.69) is 23.1 Å². The molecule has 1 aliphatic heterocycles. The van der Waals surface area contributed by atoms with Crippen LogP contribution in [0.3, 0.4) is 0 Å². The topological polar surface area (TPSA) is 55.8 Å². The average molecular weight is 464 g/mol. The van der Waals surface area contributed by atoms with E-state index in [9.17, 15) is 9.59 Å². The number of thiophene rings is 1. The highest BCUT2D eigenvalue weighted by Crippen LogP contribution is 2.30. The van der Waals surface area contributed by atoms with E-state index in [1.165, 1.54) is 26.4 Å². The Morgan fingerprint density at radius 1 is 0.970 bits per heavy atom. The predicted molar refractivity (Wildman–Crippen MR) is 131 cm³/mol. The van der Waals surface area contributed by atoms with Crippen molar-refractivity contribution in [2.24, 2.45) is 0 Å². The van der Waals surface area contributed by atoms with Gasteiger partial charge in [0.25, 0.3) is 0 Å². The van der Waals surface area contributed by atoms with Crippen molar-refractivity contribution in [2.75, 3.05) is 33.4 Å². The molecule has 1 aromatic heterocycles. The normalized spacial score (nSPS) is 14.1. The van der Waals surface area contributed by atoms with Crippen LogP contribution in [0.1, 0.15) is 45.5 Å². The first-order valence-electron chi connectivity index (χ1n) is 11.4. The highest BCUT2D eigenvalue weighted by molar-refractivity contribution is 7.13. The molecule has 2 heterocycles. The van der Waals surface area contributed by atoms with Gasteiger partial charge in [0.1, 0.15) is 12.4 Å². The molecular formula is C27H29NO4S. The molecular weight excluding hydrogens is 434 g/mol. The number of ketones is 1. The Kier molecular flexibility index (Phi) is 7.92. The third kappa shape index (κ3) is 6.09. The van der Waals surface area contributed by atoms with Crippen LogP contribution in [0.4, 0.5) is 0 Å². The maximum absolute atomic E-state index is 13.1. The van der Waals surface area contributed by atoms with Gasteiger partial charge in [-0.15, -0.1) is 11.3 Å². The number of carbonyl (C=O) groups is 2. The molecule has 0 radical (unpaired) electrons. The summed E-state index contributed by atoms with van der Waals surface area (Å²) in [5.41, 5.74) is 2.94. The van der Waals surface area contributed by atoms with Gasteiger partial charge in [-0.05, 0) is 73.3 Å². The molecule has 0 aliphatic carbocycles. The zero-order valence-corrected chi connectivity index (χ0v) is 19.7. The number of hydrogen-bond acceptors (Lipinski definition) is 6. The van der Waals surface area contributed by atoms with E-state index in [1.54, 1.807) is 35.6 Å². The summed E-state index contributed by atoms with van der Waals surface area (Å²) in [7, 11) is 1.34. The minimum absolute atomic E-state index is 0.0179. The monoisotopic (exact) mass is 463 g/mol. The Morgan fingerprint density at radius 3 is 2.42 bits per heavy atom. The summed E-state index contributed by atoms with van der Waals surface area (Å²) < 4.78 is 10.9. The average Bonchev–Trinajstić information content (AvgIpc) is 3.40. The SMILES string of the molecule is COC(=O)c1ccc(C(=O)Cc2cc(-c3cccs3)ccc2OCCN2CCCCC2)cc1. The lowest BCUT2D eigenvalue weighted by molar-refractivity contribution is 0.0600. The standard InChI is InChI=1S/C27H29NO4S/c1-31-27(30)21-9-7-20(8-10-21)24(29)19-23-18-22(26-6-5-17-33-26)11-12-25(23)32-16-15-28-13-3-2-4-14-28/h5-12,17-18H,2-4,13-16,19H2,1H3. The van der Waals surface area contributed by atoms with E-state index in [4.69, 9.17) is 9.47 Å². The summed E-state index contributed by atoms with van der Waals surface area (Å²) in [4.78, 5) is 28.3. The Bertz CT molecular complexity index is 1070. The highest BCUT2D eigenvalue weighted by atomic mass is 32.1. The first kappa shape index (κ1) is 23.2. The van der Waals surface area contributed by atoms with Crippen molar-refractivity contribution in [3.63, 3.8) is 0 Å². The fourth-order valence-corrected chi connectivity index (χ4v) is 4.83. The van der Waals surface area contributed by atoms with E-state index in [0.29, 0.717) is 17.7 Å². The molecule has 3 aromatic rings. The fraction of sp³-hybridized carbons (Fsp3) is 0.333. The van der Waals surface area contributed by atoms with E-state index in [1.807, 2.05) is 17.5 Å². The summed E-state index contributed by atoms with van der Waals surface area (Å²) in [5, 5.41) is 2.05. The van der Waals surface area contributed by atoms with Gasteiger partial charge in [0, 0.05) is 29.0 Å². The fourth-order valence-electron chi connectivity index (χ4n) is 4.11. The number of hydrogen-bond donors (Lipinski definition) is 0. The second kappa shape index (κ2) is 11.3. The van der Waals surface area contributed by atoms with Crippen molar-refractivity contribution in [1.82, 2.24) is 4.90 Å². The van der Waals surface area contributed by atoms with Crippen LogP contribution in [0.2, 0.25) is 0 Å². The van der Waals surface area contributed by atoms with Gasteiger partial charge in [-0.25, -0.2) is 4.79 Å². The molecule has 4 rings (SSSR count). The Balaban J connectivity index is 1.50. The number of likely N-dealkylation sites (tertiary alicyclic amines) is 1. The van der Waals surface area contributed by atoms with Gasteiger partial charge in [-0.3, -0.25) is 9.69 Å². The number of nitrogens with zero attached hydrogens (tertiary/aromatic N) is 1. The number of piperidine rings is 1. The molecule has 2 aromatic carbocycles. The molecule has 1 saturated heterocycles. The second-order valence-corrected chi connectivity index (χ2v) is 9.17. The van der Waals surface area contributed by atoms with Crippen LogP contribution in [-0.4, -0.2) is 50.0 Å². The summed E-state index contributed by atoms with van der Waals surface area (Å²) in [5.74, 6) is 0.324. The summed E-state index contributed by atoms with van der Waals surface area (Å²) in [6.45, 7) is 3.77. The molecule has 0 amide bonds. The number of rotatable bonds is 9. The van der Waals surface area contributed by atoms with Gasteiger partial charge < -0.3 is 9.47 Å². The van der Waals surface area contributed by atoms with Crippen molar-refractivity contribution < 1.29 is 19.1 Å². The quantitative estimate of drug-likeness (QED) is 0.310. The number of carbonyl (C=O) groups excluding carboxylic acids is 2. The Morgan fingerprint density at radius 2 is 1.73 bits per heavy atom. The van der Waals surface area contributed by atoms with Crippen LogP contribution in [-0.2, 0) is 11.2 Å². The maximum Gasteiger partial charge on any atom is 0.337 e. The van der Waals surface area contributed by atoms with Gasteiger partial charge >= 0.3 is 5.97 Å². The number of benzene rings is 2. The molecule has 0 saturated carbocycles. The van der Waals surface area contributed by atoms with Crippen molar-refractivity contribution in [2.45, 2.75) is 25.7 Å². The van der Waals surface area contributed by atoms with E-state index >= 15 is 0 Å². The molecule has 172 valence electrons. The molecule has 0 atom stereocenters. The molecule has 0 bridgehead atoms. The smallest absolute Gasteiger partial charge is 0.337 e. The zero-order valence-electron chi connectivity index (χ0n) is 18.9. The number of ether oxygens (including phenoxy) is 2.